The third-order valence-corrected chi connectivity index (χ3v) is 7.04. The van der Waals surface area contributed by atoms with Crippen molar-refractivity contribution in [1.82, 2.24) is 5.32 Å². The smallest absolute Gasteiger partial charge is 0.264 e. The highest BCUT2D eigenvalue weighted by atomic mass is 32.2. The van der Waals surface area contributed by atoms with Crippen molar-refractivity contribution in [1.29, 1.82) is 0 Å². The van der Waals surface area contributed by atoms with E-state index < -0.39 is 22.5 Å². The van der Waals surface area contributed by atoms with Crippen LogP contribution in [0, 0.1) is 0 Å². The summed E-state index contributed by atoms with van der Waals surface area (Å²) in [5.74, 6) is -0.191. The summed E-state index contributed by atoms with van der Waals surface area (Å²) in [5, 5.41) is 5.46. The predicted molar refractivity (Wildman–Crippen MR) is 138 cm³/mol. The second-order valence-corrected chi connectivity index (χ2v) is 9.57. The van der Waals surface area contributed by atoms with E-state index in [1.165, 1.54) is 38.5 Å². The van der Waals surface area contributed by atoms with Crippen molar-refractivity contribution in [3.63, 3.8) is 0 Å². The van der Waals surface area contributed by atoms with Gasteiger partial charge in [-0.3, -0.25) is 13.9 Å². The molecule has 0 atom stereocenters. The van der Waals surface area contributed by atoms with E-state index in [9.17, 15) is 18.0 Å². The molecule has 0 aliphatic rings. The number of hydrogen-bond donors (Lipinski definition) is 2. The zero-order chi connectivity index (χ0) is 26.1. The summed E-state index contributed by atoms with van der Waals surface area (Å²) in [6.45, 7) is 1.87. The Morgan fingerprint density at radius 1 is 0.889 bits per heavy atom. The molecule has 190 valence electrons. The van der Waals surface area contributed by atoms with Crippen LogP contribution in [0.15, 0.2) is 77.7 Å². The molecule has 0 heterocycles. The van der Waals surface area contributed by atoms with Gasteiger partial charge in [-0.15, -0.1) is 0 Å². The van der Waals surface area contributed by atoms with Gasteiger partial charge in [-0.25, -0.2) is 8.42 Å². The number of rotatable bonds is 11. The number of benzene rings is 3. The first-order valence-electron chi connectivity index (χ1n) is 11.3. The maximum atomic E-state index is 13.7. The van der Waals surface area contributed by atoms with Gasteiger partial charge in [0.2, 0.25) is 5.91 Å². The molecule has 0 saturated heterocycles. The van der Waals surface area contributed by atoms with Crippen LogP contribution in [0.2, 0.25) is 0 Å². The van der Waals surface area contributed by atoms with Crippen molar-refractivity contribution in [2.45, 2.75) is 18.2 Å². The minimum absolute atomic E-state index is 0.0265. The van der Waals surface area contributed by atoms with Crippen LogP contribution < -0.4 is 24.4 Å². The Hall–Kier alpha value is -4.05. The van der Waals surface area contributed by atoms with E-state index in [2.05, 4.69) is 10.6 Å². The van der Waals surface area contributed by atoms with E-state index in [1.807, 2.05) is 6.92 Å². The Morgan fingerprint density at radius 2 is 1.56 bits per heavy atom. The SMILES string of the molecule is CCCNC(=O)c1ccccc1NC(=O)CN(c1ccccc1OC)S(=O)(=O)c1ccc(OC)cc1. The summed E-state index contributed by atoms with van der Waals surface area (Å²) >= 11 is 0. The number of carbonyl (C=O) groups is 2. The molecule has 3 aromatic carbocycles. The van der Waals surface area contributed by atoms with E-state index in [1.54, 1.807) is 48.5 Å². The molecular formula is C26H29N3O6S. The van der Waals surface area contributed by atoms with Crippen LogP contribution in [0.25, 0.3) is 0 Å². The number of amides is 2. The number of methoxy groups -OCH3 is 2. The quantitative estimate of drug-likeness (QED) is 0.406. The largest absolute Gasteiger partial charge is 0.497 e. The molecule has 0 unspecified atom stereocenters. The van der Waals surface area contributed by atoms with Gasteiger partial charge in [-0.2, -0.15) is 0 Å². The van der Waals surface area contributed by atoms with Crippen molar-refractivity contribution in [3.05, 3.63) is 78.4 Å². The summed E-state index contributed by atoms with van der Waals surface area (Å²) in [6.07, 6.45) is 0.761. The summed E-state index contributed by atoms with van der Waals surface area (Å²) in [7, 11) is -1.28. The topological polar surface area (TPSA) is 114 Å². The zero-order valence-electron chi connectivity index (χ0n) is 20.4. The van der Waals surface area contributed by atoms with Gasteiger partial charge < -0.3 is 20.1 Å². The van der Waals surface area contributed by atoms with Gasteiger partial charge in [0.25, 0.3) is 15.9 Å². The van der Waals surface area contributed by atoms with Gasteiger partial charge >= 0.3 is 0 Å². The lowest BCUT2D eigenvalue weighted by molar-refractivity contribution is -0.114. The van der Waals surface area contributed by atoms with Crippen LogP contribution in [-0.4, -0.2) is 47.5 Å². The molecule has 3 rings (SSSR count). The third kappa shape index (κ3) is 6.14. The van der Waals surface area contributed by atoms with Crippen molar-refractivity contribution in [3.8, 4) is 11.5 Å². The molecule has 9 nitrogen and oxygen atoms in total. The van der Waals surface area contributed by atoms with Gasteiger partial charge in [0.05, 0.1) is 36.1 Å². The number of hydrogen-bond acceptors (Lipinski definition) is 6. The second kappa shape index (κ2) is 12.1. The first kappa shape index (κ1) is 26.6. The average molecular weight is 512 g/mol. The molecule has 2 N–H and O–H groups in total. The lowest BCUT2D eigenvalue weighted by atomic mass is 10.1. The lowest BCUT2D eigenvalue weighted by Gasteiger charge is -2.26. The Balaban J connectivity index is 1.96. The molecule has 36 heavy (non-hydrogen) atoms. The highest BCUT2D eigenvalue weighted by Gasteiger charge is 2.29. The van der Waals surface area contributed by atoms with Crippen molar-refractivity contribution in [2.75, 3.05) is 36.9 Å². The number of para-hydroxylation sites is 3. The molecule has 0 aliphatic heterocycles. The summed E-state index contributed by atoms with van der Waals surface area (Å²) in [4.78, 5) is 25.7. The van der Waals surface area contributed by atoms with Gasteiger partial charge in [-0.05, 0) is 55.0 Å². The minimum atomic E-state index is -4.18. The van der Waals surface area contributed by atoms with E-state index in [-0.39, 0.29) is 33.5 Å². The summed E-state index contributed by atoms with van der Waals surface area (Å²) < 4.78 is 38.8. The fraction of sp³-hybridized carbons (Fsp3) is 0.231. The number of carbonyl (C=O) groups excluding carboxylic acids is 2. The molecule has 0 bridgehead atoms. The van der Waals surface area contributed by atoms with Crippen molar-refractivity contribution in [2.24, 2.45) is 0 Å². The van der Waals surface area contributed by atoms with E-state index in [0.29, 0.717) is 12.3 Å². The Morgan fingerprint density at radius 3 is 2.22 bits per heavy atom. The van der Waals surface area contributed by atoms with Crippen LogP contribution in [0.3, 0.4) is 0 Å². The number of ether oxygens (including phenoxy) is 2. The number of sulfonamides is 1. The van der Waals surface area contributed by atoms with Crippen molar-refractivity contribution >= 4 is 33.2 Å². The first-order chi connectivity index (χ1) is 17.3. The fourth-order valence-electron chi connectivity index (χ4n) is 3.45. The summed E-state index contributed by atoms with van der Waals surface area (Å²) in [6, 6.07) is 18.9. The third-order valence-electron chi connectivity index (χ3n) is 5.27. The highest BCUT2D eigenvalue weighted by Crippen LogP contribution is 2.32. The van der Waals surface area contributed by atoms with Gasteiger partial charge in [0.15, 0.2) is 0 Å². The maximum Gasteiger partial charge on any atom is 0.264 e. The van der Waals surface area contributed by atoms with Crippen LogP contribution in [0.1, 0.15) is 23.7 Å². The molecule has 0 aliphatic carbocycles. The standard InChI is InChI=1S/C26H29N3O6S/c1-4-17-27-26(31)21-9-5-6-10-22(21)28-25(30)18-29(23-11-7-8-12-24(23)35-3)36(32,33)20-15-13-19(34-2)14-16-20/h5-16H,4,17-18H2,1-3H3,(H,27,31)(H,28,30). The Labute approximate surface area is 211 Å². The Bertz CT molecular complexity index is 1310. The van der Waals surface area contributed by atoms with Crippen LogP contribution in [0.4, 0.5) is 11.4 Å². The molecular weight excluding hydrogens is 482 g/mol. The fourth-order valence-corrected chi connectivity index (χ4v) is 4.89. The average Bonchev–Trinajstić information content (AvgIpc) is 2.90. The van der Waals surface area contributed by atoms with Gasteiger partial charge in [0, 0.05) is 6.54 Å². The molecule has 2 amide bonds. The van der Waals surface area contributed by atoms with Gasteiger partial charge in [0.1, 0.15) is 18.0 Å². The van der Waals surface area contributed by atoms with E-state index in [4.69, 9.17) is 9.47 Å². The molecule has 0 radical (unpaired) electrons. The zero-order valence-corrected chi connectivity index (χ0v) is 21.2. The highest BCUT2D eigenvalue weighted by molar-refractivity contribution is 7.92. The van der Waals surface area contributed by atoms with Crippen molar-refractivity contribution < 1.29 is 27.5 Å². The molecule has 0 fully saturated rings. The molecule has 10 heteroatoms. The van der Waals surface area contributed by atoms with Crippen LogP contribution in [0.5, 0.6) is 11.5 Å². The molecule has 0 aromatic heterocycles. The minimum Gasteiger partial charge on any atom is -0.497 e. The lowest BCUT2D eigenvalue weighted by Crippen LogP contribution is -2.38. The molecule has 0 spiro atoms. The number of anilines is 2. The van der Waals surface area contributed by atoms with Crippen LogP contribution in [-0.2, 0) is 14.8 Å². The second-order valence-electron chi connectivity index (χ2n) is 7.71. The molecule has 0 saturated carbocycles. The van der Waals surface area contributed by atoms with E-state index >= 15 is 0 Å². The maximum absolute atomic E-state index is 13.7. The summed E-state index contributed by atoms with van der Waals surface area (Å²) in [5.41, 5.74) is 0.749. The molecule has 3 aromatic rings. The number of nitrogens with one attached hydrogen (secondary N) is 2. The normalized spacial score (nSPS) is 10.9. The number of nitrogens with zero attached hydrogens (tertiary/aromatic N) is 1. The predicted octanol–water partition coefficient (Wildman–Crippen LogP) is 3.68. The monoisotopic (exact) mass is 511 g/mol. The Kier molecular flexibility index (Phi) is 8.91. The first-order valence-corrected chi connectivity index (χ1v) is 12.7. The van der Waals surface area contributed by atoms with E-state index in [0.717, 1.165) is 10.7 Å². The van der Waals surface area contributed by atoms with Crippen LogP contribution >= 0.6 is 0 Å². The van der Waals surface area contributed by atoms with Gasteiger partial charge in [-0.1, -0.05) is 31.2 Å².